The second-order valence-electron chi connectivity index (χ2n) is 18.3. The van der Waals surface area contributed by atoms with Crippen LogP contribution in [0.2, 0.25) is 0 Å². The molecule has 0 bridgehead atoms. The van der Waals surface area contributed by atoms with Crippen LogP contribution in [0.15, 0.2) is 247 Å². The number of benzene rings is 11. The second kappa shape index (κ2) is 14.0. The van der Waals surface area contributed by atoms with Gasteiger partial charge in [0.1, 0.15) is 11.2 Å². The van der Waals surface area contributed by atoms with Gasteiger partial charge >= 0.3 is 0 Å². The molecule has 316 valence electrons. The van der Waals surface area contributed by atoms with Crippen molar-refractivity contribution in [1.29, 1.82) is 0 Å². The Morgan fingerprint density at radius 2 is 0.971 bits per heavy atom. The van der Waals surface area contributed by atoms with E-state index in [0.29, 0.717) is 0 Å². The van der Waals surface area contributed by atoms with E-state index in [0.717, 1.165) is 61.3 Å². The fourth-order valence-electron chi connectivity index (χ4n) is 12.4. The summed E-state index contributed by atoms with van der Waals surface area (Å²) in [5.74, 6) is 0. The normalized spacial score (nSPS) is 13.1. The van der Waals surface area contributed by atoms with Crippen LogP contribution in [0.1, 0.15) is 22.3 Å². The maximum absolute atomic E-state index is 6.85. The van der Waals surface area contributed by atoms with Crippen molar-refractivity contribution in [3.63, 3.8) is 0 Å². The lowest BCUT2D eigenvalue weighted by molar-refractivity contribution is 0.669. The number of para-hydroxylation sites is 3. The summed E-state index contributed by atoms with van der Waals surface area (Å²) in [6.07, 6.45) is 0. The van der Waals surface area contributed by atoms with E-state index in [1.165, 1.54) is 71.6 Å². The van der Waals surface area contributed by atoms with E-state index in [1.54, 1.807) is 0 Å². The fourth-order valence-corrected chi connectivity index (χ4v) is 12.4. The lowest BCUT2D eigenvalue weighted by Gasteiger charge is -2.32. The largest absolute Gasteiger partial charge is 0.456 e. The van der Waals surface area contributed by atoms with Gasteiger partial charge in [0.05, 0.1) is 27.8 Å². The van der Waals surface area contributed by atoms with E-state index in [9.17, 15) is 0 Å². The molecule has 11 aromatic carbocycles. The SMILES string of the molecule is c1ccc(-c2c3c(cc4c2c2cccc(N(c5ccccc5)c5cccc6c5-c5ccccc5C65c6ccccc6-c6ccccc65)c2n4-c2ccc4ccccc4c2)oc2ccccc23)cc1. The summed E-state index contributed by atoms with van der Waals surface area (Å²) in [6.45, 7) is 0. The summed E-state index contributed by atoms with van der Waals surface area (Å²) in [6, 6.07) is 89.3. The van der Waals surface area contributed by atoms with Gasteiger partial charge in [0.2, 0.25) is 0 Å². The molecule has 0 atom stereocenters. The van der Waals surface area contributed by atoms with Crippen molar-refractivity contribution < 1.29 is 4.42 Å². The molecule has 1 spiro atoms. The topological polar surface area (TPSA) is 21.3 Å². The molecule has 0 fully saturated rings. The molecule has 0 aliphatic heterocycles. The summed E-state index contributed by atoms with van der Waals surface area (Å²) in [5.41, 5.74) is 20.6. The number of fused-ring (bicyclic) bond motifs is 17. The van der Waals surface area contributed by atoms with Crippen molar-refractivity contribution in [2.75, 3.05) is 4.90 Å². The molecular formula is C65H40N2O. The minimum atomic E-state index is -0.481. The van der Waals surface area contributed by atoms with Crippen LogP contribution in [0.3, 0.4) is 0 Å². The minimum Gasteiger partial charge on any atom is -0.456 e. The Balaban J connectivity index is 1.11. The molecule has 0 N–H and O–H groups in total. The molecule has 2 aliphatic carbocycles. The van der Waals surface area contributed by atoms with Crippen LogP contribution >= 0.6 is 0 Å². The Morgan fingerprint density at radius 3 is 1.75 bits per heavy atom. The predicted molar refractivity (Wildman–Crippen MR) is 282 cm³/mol. The number of rotatable bonds is 5. The summed E-state index contributed by atoms with van der Waals surface area (Å²) in [5, 5.41) is 6.98. The maximum Gasteiger partial charge on any atom is 0.138 e. The summed E-state index contributed by atoms with van der Waals surface area (Å²) < 4.78 is 9.36. The Labute approximate surface area is 393 Å². The highest BCUT2D eigenvalue weighted by molar-refractivity contribution is 6.28. The van der Waals surface area contributed by atoms with E-state index >= 15 is 0 Å². The van der Waals surface area contributed by atoms with Crippen molar-refractivity contribution in [2.24, 2.45) is 0 Å². The van der Waals surface area contributed by atoms with Crippen LogP contribution in [0.4, 0.5) is 17.1 Å². The molecule has 15 rings (SSSR count). The zero-order valence-corrected chi connectivity index (χ0v) is 36.9. The van der Waals surface area contributed by atoms with Crippen molar-refractivity contribution in [3.8, 4) is 39.1 Å². The van der Waals surface area contributed by atoms with Gasteiger partial charge in [-0.15, -0.1) is 0 Å². The molecule has 2 heterocycles. The zero-order valence-electron chi connectivity index (χ0n) is 36.9. The highest BCUT2D eigenvalue weighted by Crippen LogP contribution is 2.65. The van der Waals surface area contributed by atoms with Crippen LogP contribution in [0.5, 0.6) is 0 Å². The molecule has 2 aromatic heterocycles. The molecular weight excluding hydrogens is 825 g/mol. The number of nitrogens with zero attached hydrogens (tertiary/aromatic N) is 2. The van der Waals surface area contributed by atoms with Crippen LogP contribution < -0.4 is 4.90 Å². The molecule has 0 saturated heterocycles. The quantitative estimate of drug-likeness (QED) is 0.172. The highest BCUT2D eigenvalue weighted by atomic mass is 16.3. The molecule has 68 heavy (non-hydrogen) atoms. The number of hydrogen-bond acceptors (Lipinski definition) is 2. The van der Waals surface area contributed by atoms with E-state index in [1.807, 2.05) is 0 Å². The fraction of sp³-hybridized carbons (Fsp3) is 0.0154. The number of hydrogen-bond donors (Lipinski definition) is 0. The smallest absolute Gasteiger partial charge is 0.138 e. The van der Waals surface area contributed by atoms with Crippen LogP contribution in [0.25, 0.3) is 93.6 Å². The van der Waals surface area contributed by atoms with Crippen molar-refractivity contribution in [3.05, 3.63) is 265 Å². The summed E-state index contributed by atoms with van der Waals surface area (Å²) >= 11 is 0. The number of anilines is 3. The molecule has 0 radical (unpaired) electrons. The van der Waals surface area contributed by atoms with E-state index < -0.39 is 5.41 Å². The first-order valence-corrected chi connectivity index (χ1v) is 23.5. The lowest BCUT2D eigenvalue weighted by atomic mass is 9.70. The summed E-state index contributed by atoms with van der Waals surface area (Å²) in [4.78, 5) is 2.53. The number of aromatic nitrogens is 1. The first-order chi connectivity index (χ1) is 33.8. The second-order valence-corrected chi connectivity index (χ2v) is 18.3. The van der Waals surface area contributed by atoms with Gasteiger partial charge in [0.15, 0.2) is 0 Å². The third-order valence-corrected chi connectivity index (χ3v) is 14.9. The van der Waals surface area contributed by atoms with Crippen molar-refractivity contribution in [2.45, 2.75) is 5.41 Å². The van der Waals surface area contributed by atoms with Crippen molar-refractivity contribution >= 4 is 71.6 Å². The lowest BCUT2D eigenvalue weighted by Crippen LogP contribution is -2.26. The first-order valence-electron chi connectivity index (χ1n) is 23.5. The Kier molecular flexibility index (Phi) is 7.71. The maximum atomic E-state index is 6.85. The van der Waals surface area contributed by atoms with E-state index in [-0.39, 0.29) is 0 Å². The van der Waals surface area contributed by atoms with Crippen LogP contribution in [-0.2, 0) is 5.41 Å². The van der Waals surface area contributed by atoms with Gasteiger partial charge in [-0.3, -0.25) is 0 Å². The standard InChI is InChI=1S/C65H40N2O/c1-3-20-42(21-4-1)60-62-50-29-17-35-56(64(50)67(45-38-37-41-19-7-8-22-43(41)39-45)57(62)40-59-63(60)49-28-12-16-36-58(49)68-59)66(44-23-5-2-6-24-44)55-34-18-33-54-61(55)48-27-11-15-32-53(48)65(54)51-30-13-9-25-46(51)47-26-10-14-31-52(47)65/h1-40H. The van der Waals surface area contributed by atoms with Gasteiger partial charge in [-0.25, -0.2) is 0 Å². The first kappa shape index (κ1) is 37.3. The third kappa shape index (κ3) is 4.92. The van der Waals surface area contributed by atoms with Gasteiger partial charge < -0.3 is 13.9 Å². The average molecular weight is 865 g/mol. The minimum absolute atomic E-state index is 0.481. The molecule has 13 aromatic rings. The Morgan fingerprint density at radius 1 is 0.382 bits per heavy atom. The molecule has 0 unspecified atom stereocenters. The van der Waals surface area contributed by atoms with E-state index in [4.69, 9.17) is 4.42 Å². The van der Waals surface area contributed by atoms with Gasteiger partial charge in [-0.2, -0.15) is 0 Å². The van der Waals surface area contributed by atoms with Crippen LogP contribution in [-0.4, -0.2) is 4.57 Å². The van der Waals surface area contributed by atoms with Gasteiger partial charge in [0, 0.05) is 50.1 Å². The highest BCUT2D eigenvalue weighted by Gasteiger charge is 2.52. The molecule has 2 aliphatic rings. The van der Waals surface area contributed by atoms with Gasteiger partial charge in [-0.1, -0.05) is 194 Å². The van der Waals surface area contributed by atoms with Gasteiger partial charge in [0.25, 0.3) is 0 Å². The molecule has 0 saturated carbocycles. The Bertz CT molecular complexity index is 4170. The predicted octanol–water partition coefficient (Wildman–Crippen LogP) is 17.3. The number of furan rings is 1. The molecule has 3 nitrogen and oxygen atoms in total. The molecule has 0 amide bonds. The van der Waals surface area contributed by atoms with Crippen LogP contribution in [0, 0.1) is 0 Å². The third-order valence-electron chi connectivity index (χ3n) is 14.9. The monoisotopic (exact) mass is 864 g/mol. The van der Waals surface area contributed by atoms with Gasteiger partial charge in [-0.05, 0) is 97.7 Å². The van der Waals surface area contributed by atoms with Crippen molar-refractivity contribution in [1.82, 2.24) is 4.57 Å². The molecule has 3 heteroatoms. The summed E-state index contributed by atoms with van der Waals surface area (Å²) in [7, 11) is 0. The van der Waals surface area contributed by atoms with E-state index in [2.05, 4.69) is 252 Å². The Hall–Kier alpha value is -8.92. The average Bonchev–Trinajstić information content (AvgIpc) is 4.13. The zero-order chi connectivity index (χ0) is 44.5.